The topological polar surface area (TPSA) is 119 Å². The van der Waals surface area contributed by atoms with Crippen molar-refractivity contribution in [3.8, 4) is 5.75 Å². The molecular formula is C27H23FN2O7. The number of nitrogens with zero attached hydrogens (tertiary/aromatic N) is 2. The molecule has 3 fully saturated rings. The Morgan fingerprint density at radius 2 is 1.76 bits per heavy atom. The molecule has 3 heterocycles. The number of amides is 2. The SMILES string of the molecule is C[C@@]12OC(CCOc3ccc(F)cc3)(C[C@H]1O)[C@@H]1C(=O)N(c3ccc([N+](=O)[O-])c4ccccc34)C(=O)[C@@H]12. The van der Waals surface area contributed by atoms with E-state index in [0.717, 1.165) is 4.90 Å². The maximum atomic E-state index is 13.9. The highest BCUT2D eigenvalue weighted by molar-refractivity contribution is 6.26. The third-order valence-corrected chi connectivity index (χ3v) is 8.04. The third-order valence-electron chi connectivity index (χ3n) is 8.04. The molecule has 3 aliphatic rings. The first kappa shape index (κ1) is 23.5. The average Bonchev–Trinajstić information content (AvgIpc) is 3.40. The van der Waals surface area contributed by atoms with E-state index in [0.29, 0.717) is 16.5 Å². The monoisotopic (exact) mass is 506 g/mol. The van der Waals surface area contributed by atoms with Crippen molar-refractivity contribution in [1.29, 1.82) is 0 Å². The first-order chi connectivity index (χ1) is 17.7. The fraction of sp³-hybridized carbons (Fsp3) is 0.333. The van der Waals surface area contributed by atoms with Crippen molar-refractivity contribution in [2.45, 2.75) is 37.1 Å². The second kappa shape index (κ2) is 8.06. The normalized spacial score (nSPS) is 30.2. The highest BCUT2D eigenvalue weighted by Crippen LogP contribution is 2.62. The van der Waals surface area contributed by atoms with E-state index in [1.54, 1.807) is 31.2 Å². The quantitative estimate of drug-likeness (QED) is 0.307. The second-order valence-electron chi connectivity index (χ2n) is 10.00. The lowest BCUT2D eigenvalue weighted by Gasteiger charge is -2.33. The standard InChI is InChI=1S/C27H23FN2O7/c1-26-21(31)14-27(37-26,12-13-36-16-8-6-15(28)7-9-16)23-22(26)24(32)29(25(23)33)19-10-11-20(30(34)35)18-5-3-2-4-17(18)19/h2-11,21-23,31H,12-14H2,1H3/t21-,22-,23+,26-,27?/m1/s1. The van der Waals surface area contributed by atoms with Gasteiger partial charge in [0, 0.05) is 24.3 Å². The van der Waals surface area contributed by atoms with E-state index in [2.05, 4.69) is 0 Å². The molecule has 1 unspecified atom stereocenters. The minimum Gasteiger partial charge on any atom is -0.493 e. The Morgan fingerprint density at radius 3 is 2.46 bits per heavy atom. The van der Waals surface area contributed by atoms with Crippen molar-refractivity contribution in [1.82, 2.24) is 0 Å². The predicted octanol–water partition coefficient (Wildman–Crippen LogP) is 3.75. The van der Waals surface area contributed by atoms with Gasteiger partial charge in [0.05, 0.1) is 46.1 Å². The van der Waals surface area contributed by atoms with Crippen molar-refractivity contribution in [3.63, 3.8) is 0 Å². The number of ether oxygens (including phenoxy) is 2. The molecule has 0 aromatic heterocycles. The summed E-state index contributed by atoms with van der Waals surface area (Å²) in [4.78, 5) is 39.8. The zero-order valence-corrected chi connectivity index (χ0v) is 19.8. The highest BCUT2D eigenvalue weighted by atomic mass is 19.1. The molecule has 0 radical (unpaired) electrons. The van der Waals surface area contributed by atoms with Crippen LogP contribution in [0.4, 0.5) is 15.8 Å². The number of aliphatic hydroxyl groups is 1. The molecule has 3 aromatic rings. The molecular weight excluding hydrogens is 483 g/mol. The van der Waals surface area contributed by atoms with E-state index in [1.807, 2.05) is 0 Å². The number of anilines is 1. The minimum absolute atomic E-state index is 0.125. The number of hydrogen-bond donors (Lipinski definition) is 1. The van der Waals surface area contributed by atoms with Gasteiger partial charge in [0.2, 0.25) is 11.8 Å². The van der Waals surface area contributed by atoms with Crippen molar-refractivity contribution >= 4 is 34.0 Å². The lowest BCUT2D eigenvalue weighted by molar-refractivity contribution is -0.383. The number of non-ortho nitro benzene ring substituents is 1. The minimum atomic E-state index is -1.27. The summed E-state index contributed by atoms with van der Waals surface area (Å²) in [7, 11) is 0. The summed E-state index contributed by atoms with van der Waals surface area (Å²) in [6, 6.07) is 14.8. The smallest absolute Gasteiger partial charge is 0.277 e. The van der Waals surface area contributed by atoms with Gasteiger partial charge in [0.15, 0.2) is 0 Å². The molecule has 37 heavy (non-hydrogen) atoms. The van der Waals surface area contributed by atoms with Gasteiger partial charge >= 0.3 is 0 Å². The number of nitro benzene ring substituents is 1. The van der Waals surface area contributed by atoms with E-state index in [9.17, 15) is 29.2 Å². The zero-order chi connectivity index (χ0) is 26.1. The van der Waals surface area contributed by atoms with Crippen molar-refractivity contribution < 1.29 is 33.5 Å². The number of halogens is 1. The summed E-state index contributed by atoms with van der Waals surface area (Å²) >= 11 is 0. The van der Waals surface area contributed by atoms with E-state index in [-0.39, 0.29) is 30.8 Å². The molecule has 0 saturated carbocycles. The van der Waals surface area contributed by atoms with Gasteiger partial charge in [-0.1, -0.05) is 18.2 Å². The lowest BCUT2D eigenvalue weighted by Crippen LogP contribution is -2.49. The fourth-order valence-electron chi connectivity index (χ4n) is 6.36. The summed E-state index contributed by atoms with van der Waals surface area (Å²) < 4.78 is 25.3. The van der Waals surface area contributed by atoms with Crippen LogP contribution in [0.2, 0.25) is 0 Å². The number of benzene rings is 3. The van der Waals surface area contributed by atoms with Crippen LogP contribution in [0.3, 0.4) is 0 Å². The van der Waals surface area contributed by atoms with Gasteiger partial charge in [0.1, 0.15) is 17.2 Å². The summed E-state index contributed by atoms with van der Waals surface area (Å²) in [5.74, 6) is -2.68. The second-order valence-corrected chi connectivity index (χ2v) is 10.00. The number of rotatable bonds is 6. The van der Waals surface area contributed by atoms with Crippen LogP contribution < -0.4 is 9.64 Å². The highest BCUT2D eigenvalue weighted by Gasteiger charge is 2.77. The van der Waals surface area contributed by atoms with E-state index >= 15 is 0 Å². The molecule has 3 saturated heterocycles. The number of imide groups is 1. The van der Waals surface area contributed by atoms with E-state index in [1.165, 1.54) is 36.4 Å². The van der Waals surface area contributed by atoms with Crippen LogP contribution >= 0.6 is 0 Å². The Morgan fingerprint density at radius 1 is 1.08 bits per heavy atom. The van der Waals surface area contributed by atoms with Gasteiger partial charge in [0.25, 0.3) is 5.69 Å². The van der Waals surface area contributed by atoms with Crippen LogP contribution in [0, 0.1) is 27.8 Å². The molecule has 3 aromatic carbocycles. The zero-order valence-electron chi connectivity index (χ0n) is 19.8. The molecule has 3 aliphatic heterocycles. The third kappa shape index (κ3) is 3.29. The van der Waals surface area contributed by atoms with Gasteiger partial charge in [-0.2, -0.15) is 0 Å². The number of hydrogen-bond acceptors (Lipinski definition) is 7. The average molecular weight is 506 g/mol. The molecule has 5 atom stereocenters. The van der Waals surface area contributed by atoms with Crippen LogP contribution in [-0.4, -0.2) is 45.8 Å². The summed E-state index contributed by atoms with van der Waals surface area (Å²) in [5, 5.41) is 23.2. The summed E-state index contributed by atoms with van der Waals surface area (Å²) in [5.41, 5.74) is -2.25. The summed E-state index contributed by atoms with van der Waals surface area (Å²) in [6.07, 6.45) is -0.581. The maximum absolute atomic E-state index is 13.9. The Labute approximate surface area is 210 Å². The number of carbonyl (C=O) groups excluding carboxylic acids is 2. The Bertz CT molecular complexity index is 1460. The molecule has 6 rings (SSSR count). The lowest BCUT2D eigenvalue weighted by atomic mass is 9.66. The largest absolute Gasteiger partial charge is 0.493 e. The van der Waals surface area contributed by atoms with Crippen LogP contribution in [0.15, 0.2) is 60.7 Å². The van der Waals surface area contributed by atoms with Gasteiger partial charge in [-0.25, -0.2) is 9.29 Å². The molecule has 190 valence electrons. The van der Waals surface area contributed by atoms with Gasteiger partial charge in [-0.05, 0) is 43.3 Å². The molecule has 0 aliphatic carbocycles. The Kier molecular flexibility index (Phi) is 5.12. The van der Waals surface area contributed by atoms with Crippen LogP contribution in [-0.2, 0) is 14.3 Å². The van der Waals surface area contributed by atoms with Crippen LogP contribution in [0.25, 0.3) is 10.8 Å². The van der Waals surface area contributed by atoms with Crippen molar-refractivity contribution in [2.75, 3.05) is 11.5 Å². The number of nitro groups is 1. The Hall–Kier alpha value is -3.89. The number of fused-ring (bicyclic) bond motifs is 6. The van der Waals surface area contributed by atoms with E-state index < -0.39 is 51.7 Å². The fourth-order valence-corrected chi connectivity index (χ4v) is 6.36. The molecule has 10 heteroatoms. The van der Waals surface area contributed by atoms with Gasteiger partial charge in [-0.3, -0.25) is 19.7 Å². The first-order valence-electron chi connectivity index (χ1n) is 12.0. The molecule has 9 nitrogen and oxygen atoms in total. The van der Waals surface area contributed by atoms with Gasteiger partial charge in [-0.15, -0.1) is 0 Å². The molecule has 1 N–H and O–H groups in total. The predicted molar refractivity (Wildman–Crippen MR) is 129 cm³/mol. The van der Waals surface area contributed by atoms with Crippen molar-refractivity contribution in [3.05, 3.63) is 76.6 Å². The molecule has 0 spiro atoms. The maximum Gasteiger partial charge on any atom is 0.277 e. The summed E-state index contributed by atoms with van der Waals surface area (Å²) in [6.45, 7) is 1.77. The van der Waals surface area contributed by atoms with Crippen molar-refractivity contribution in [2.24, 2.45) is 11.8 Å². The van der Waals surface area contributed by atoms with Crippen LogP contribution in [0.1, 0.15) is 19.8 Å². The van der Waals surface area contributed by atoms with Gasteiger partial charge < -0.3 is 14.6 Å². The van der Waals surface area contributed by atoms with E-state index in [4.69, 9.17) is 9.47 Å². The molecule has 2 bridgehead atoms. The van der Waals surface area contributed by atoms with Crippen LogP contribution in [0.5, 0.6) is 5.75 Å². The first-order valence-corrected chi connectivity index (χ1v) is 12.0. The number of carbonyl (C=O) groups is 2. The number of aliphatic hydroxyl groups excluding tert-OH is 1. The molecule has 2 amide bonds. The Balaban J connectivity index is 1.36.